The molecule has 0 aromatic heterocycles. The lowest BCUT2D eigenvalue weighted by Crippen LogP contribution is -2.43. The van der Waals surface area contributed by atoms with Crippen molar-refractivity contribution < 1.29 is 0 Å². The smallest absolute Gasteiger partial charge is 0.0387 e. The first-order valence-electron chi connectivity index (χ1n) is 3.61. The molecule has 0 aromatic carbocycles. The molecule has 0 spiro atoms. The predicted octanol–water partition coefficient (Wildman–Crippen LogP) is 1.78. The van der Waals surface area contributed by atoms with Gasteiger partial charge in [-0.2, -0.15) is 0 Å². The van der Waals surface area contributed by atoms with Gasteiger partial charge in [-0.3, -0.25) is 0 Å². The summed E-state index contributed by atoms with van der Waals surface area (Å²) >= 11 is 11.0. The van der Waals surface area contributed by atoms with Gasteiger partial charge in [0.15, 0.2) is 0 Å². The molecule has 2 nitrogen and oxygen atoms in total. The molecule has 0 bridgehead atoms. The second kappa shape index (κ2) is 4.39. The van der Waals surface area contributed by atoms with Crippen molar-refractivity contribution in [3.05, 3.63) is 0 Å². The third-order valence-electron chi connectivity index (χ3n) is 2.05. The first-order chi connectivity index (χ1) is 4.88. The molecule has 1 rings (SSSR count). The number of hydrogen-bond acceptors (Lipinski definition) is 2. The summed E-state index contributed by atoms with van der Waals surface area (Å²) < 4.78 is 0. The second-order valence-electron chi connectivity index (χ2n) is 2.72. The van der Waals surface area contributed by atoms with E-state index in [0.29, 0.717) is 12.1 Å². The summed E-state index contributed by atoms with van der Waals surface area (Å²) in [4.78, 5) is 5.46. The van der Waals surface area contributed by atoms with Crippen LogP contribution in [0, 0.1) is 0 Å². The highest BCUT2D eigenvalue weighted by atomic mass is 35.5. The minimum atomic E-state index is 0.341. The van der Waals surface area contributed by atoms with E-state index in [9.17, 15) is 0 Å². The molecule has 0 amide bonds. The summed E-state index contributed by atoms with van der Waals surface area (Å²) in [5.41, 5.74) is 0. The number of hydrogen-bond donors (Lipinski definition) is 2. The van der Waals surface area contributed by atoms with E-state index in [2.05, 4.69) is 9.67 Å². The molecule has 4 heteroatoms. The molecule has 0 aromatic rings. The Kier molecular flexibility index (Phi) is 3.78. The Morgan fingerprint density at radius 3 is 1.60 bits per heavy atom. The summed E-state index contributed by atoms with van der Waals surface area (Å²) in [6.45, 7) is 0. The van der Waals surface area contributed by atoms with Crippen LogP contribution in [0.2, 0.25) is 0 Å². The Hall–Kier alpha value is 0.500. The monoisotopic (exact) mass is 182 g/mol. The van der Waals surface area contributed by atoms with Crippen LogP contribution < -0.4 is 9.67 Å². The molecule has 10 heavy (non-hydrogen) atoms. The van der Waals surface area contributed by atoms with Crippen LogP contribution >= 0.6 is 23.6 Å². The average molecular weight is 183 g/mol. The summed E-state index contributed by atoms with van der Waals surface area (Å²) in [7, 11) is 0. The lowest BCUT2D eigenvalue weighted by molar-refractivity contribution is 0.349. The molecule has 2 atom stereocenters. The standard InChI is InChI=1S/C6H12Cl2N2/c7-9-5-3-1-2-4-6(5)10-8/h5-6,9-10H,1-4H2/t5-,6-/m1/s1. The van der Waals surface area contributed by atoms with Crippen molar-refractivity contribution >= 4 is 23.6 Å². The van der Waals surface area contributed by atoms with Crippen LogP contribution in [0.15, 0.2) is 0 Å². The summed E-state index contributed by atoms with van der Waals surface area (Å²) in [5.74, 6) is 0. The lowest BCUT2D eigenvalue weighted by Gasteiger charge is -2.28. The van der Waals surface area contributed by atoms with E-state index in [4.69, 9.17) is 23.6 Å². The fourth-order valence-corrected chi connectivity index (χ4v) is 1.91. The highest BCUT2D eigenvalue weighted by Gasteiger charge is 2.22. The first-order valence-corrected chi connectivity index (χ1v) is 4.36. The zero-order valence-corrected chi connectivity index (χ0v) is 7.25. The Morgan fingerprint density at radius 2 is 1.30 bits per heavy atom. The fourth-order valence-electron chi connectivity index (χ4n) is 1.39. The molecule has 0 unspecified atom stereocenters. The molecule has 2 N–H and O–H groups in total. The molecule has 1 saturated carbocycles. The molecule has 60 valence electrons. The molecular weight excluding hydrogens is 171 g/mol. The van der Waals surface area contributed by atoms with Crippen molar-refractivity contribution in [2.75, 3.05) is 0 Å². The quantitative estimate of drug-likeness (QED) is 0.637. The van der Waals surface area contributed by atoms with E-state index >= 15 is 0 Å². The predicted molar refractivity (Wildman–Crippen MR) is 44.0 cm³/mol. The third kappa shape index (κ3) is 1.99. The van der Waals surface area contributed by atoms with Gasteiger partial charge in [0.05, 0.1) is 0 Å². The van der Waals surface area contributed by atoms with Crippen molar-refractivity contribution in [2.24, 2.45) is 0 Å². The summed E-state index contributed by atoms with van der Waals surface area (Å²) in [6, 6.07) is 0.681. The third-order valence-corrected chi connectivity index (χ3v) is 2.61. The zero-order chi connectivity index (χ0) is 7.40. The minimum Gasteiger partial charge on any atom is -0.229 e. The van der Waals surface area contributed by atoms with Gasteiger partial charge in [0.2, 0.25) is 0 Å². The largest absolute Gasteiger partial charge is 0.229 e. The van der Waals surface area contributed by atoms with Gasteiger partial charge in [0.1, 0.15) is 0 Å². The van der Waals surface area contributed by atoms with Crippen LogP contribution in [0.1, 0.15) is 25.7 Å². The average Bonchev–Trinajstić information content (AvgIpc) is 2.04. The van der Waals surface area contributed by atoms with E-state index in [1.165, 1.54) is 12.8 Å². The van der Waals surface area contributed by atoms with Crippen LogP contribution in [0.25, 0.3) is 0 Å². The van der Waals surface area contributed by atoms with E-state index < -0.39 is 0 Å². The Labute approximate surface area is 71.5 Å². The zero-order valence-electron chi connectivity index (χ0n) is 5.74. The van der Waals surface area contributed by atoms with Gasteiger partial charge in [-0.15, -0.1) is 0 Å². The van der Waals surface area contributed by atoms with Gasteiger partial charge in [-0.1, -0.05) is 12.8 Å². The van der Waals surface area contributed by atoms with Gasteiger partial charge in [-0.25, -0.2) is 9.67 Å². The van der Waals surface area contributed by atoms with Crippen LogP contribution in [0.5, 0.6) is 0 Å². The molecule has 1 aliphatic rings. The first kappa shape index (κ1) is 8.60. The Morgan fingerprint density at radius 1 is 0.900 bits per heavy atom. The summed E-state index contributed by atoms with van der Waals surface area (Å²) in [6.07, 6.45) is 4.74. The van der Waals surface area contributed by atoms with Gasteiger partial charge >= 0.3 is 0 Å². The molecule has 0 radical (unpaired) electrons. The highest BCUT2D eigenvalue weighted by Crippen LogP contribution is 2.19. The van der Waals surface area contributed by atoms with Crippen LogP contribution in [-0.2, 0) is 0 Å². The molecule has 0 aliphatic heterocycles. The maximum atomic E-state index is 5.51. The van der Waals surface area contributed by atoms with Crippen molar-refractivity contribution in [3.8, 4) is 0 Å². The van der Waals surface area contributed by atoms with Crippen LogP contribution in [0.4, 0.5) is 0 Å². The van der Waals surface area contributed by atoms with Gasteiger partial charge in [0.25, 0.3) is 0 Å². The highest BCUT2D eigenvalue weighted by molar-refractivity contribution is 6.14. The molecule has 1 fully saturated rings. The number of nitrogens with one attached hydrogen (secondary N) is 2. The van der Waals surface area contributed by atoms with Crippen molar-refractivity contribution in [1.82, 2.24) is 9.67 Å². The SMILES string of the molecule is ClN[C@@H]1CCCC[C@H]1NCl. The van der Waals surface area contributed by atoms with E-state index in [0.717, 1.165) is 12.8 Å². The van der Waals surface area contributed by atoms with E-state index in [-0.39, 0.29) is 0 Å². The minimum absolute atomic E-state index is 0.341. The maximum Gasteiger partial charge on any atom is 0.0387 e. The van der Waals surface area contributed by atoms with E-state index in [1.54, 1.807) is 0 Å². The van der Waals surface area contributed by atoms with E-state index in [1.807, 2.05) is 0 Å². The second-order valence-corrected chi connectivity index (χ2v) is 3.15. The normalized spacial score (nSPS) is 34.2. The molecule has 0 saturated heterocycles. The molecular formula is C6H12Cl2N2. The van der Waals surface area contributed by atoms with Crippen molar-refractivity contribution in [2.45, 2.75) is 37.8 Å². The topological polar surface area (TPSA) is 24.1 Å². The van der Waals surface area contributed by atoms with Gasteiger partial charge < -0.3 is 0 Å². The fraction of sp³-hybridized carbons (Fsp3) is 1.00. The molecule has 0 heterocycles. The van der Waals surface area contributed by atoms with Crippen molar-refractivity contribution in [3.63, 3.8) is 0 Å². The van der Waals surface area contributed by atoms with Gasteiger partial charge in [-0.05, 0) is 36.4 Å². The van der Waals surface area contributed by atoms with Crippen LogP contribution in [-0.4, -0.2) is 12.1 Å². The summed E-state index contributed by atoms with van der Waals surface area (Å²) in [5, 5.41) is 0. The number of rotatable bonds is 2. The Balaban J connectivity index is 2.34. The number of halogens is 2. The van der Waals surface area contributed by atoms with Crippen molar-refractivity contribution in [1.29, 1.82) is 0 Å². The molecule has 1 aliphatic carbocycles. The van der Waals surface area contributed by atoms with Crippen LogP contribution in [0.3, 0.4) is 0 Å². The Bertz CT molecular complexity index is 87.7. The maximum absolute atomic E-state index is 5.51. The van der Waals surface area contributed by atoms with Gasteiger partial charge in [0, 0.05) is 12.1 Å². The lowest BCUT2D eigenvalue weighted by atomic mass is 9.92.